The molecule has 1 aliphatic heterocycles. The second-order valence-corrected chi connectivity index (χ2v) is 14.3. The van der Waals surface area contributed by atoms with Crippen LogP contribution in [0.2, 0.25) is 0 Å². The number of anilines is 1. The number of unbranched alkanes of at least 4 members (excludes halogenated alkanes) is 4. The van der Waals surface area contributed by atoms with E-state index in [1.165, 1.54) is 82.0 Å². The molecule has 1 aliphatic rings. The van der Waals surface area contributed by atoms with Crippen molar-refractivity contribution in [3.8, 4) is 0 Å². The van der Waals surface area contributed by atoms with E-state index in [0.29, 0.717) is 5.01 Å². The molecule has 0 aromatic heterocycles. The molecule has 2 aromatic carbocycles. The minimum absolute atomic E-state index is 0. The Hall–Kier alpha value is -3.57. The van der Waals surface area contributed by atoms with Crippen LogP contribution in [0.25, 0.3) is 0 Å². The summed E-state index contributed by atoms with van der Waals surface area (Å²) in [6.07, 6.45) is 11.1. The summed E-state index contributed by atoms with van der Waals surface area (Å²) in [5.41, 5.74) is -0.812. The van der Waals surface area contributed by atoms with Gasteiger partial charge in [-0.1, -0.05) is 60.8 Å². The fraction of sp³-hybridized carbons (Fsp3) is 0.545. The van der Waals surface area contributed by atoms with Gasteiger partial charge >= 0.3 is 0 Å². The summed E-state index contributed by atoms with van der Waals surface area (Å²) in [7, 11) is -9.40. The molecular formula is C33H49N5O9S2-2. The highest BCUT2D eigenvalue weighted by Gasteiger charge is 2.38. The van der Waals surface area contributed by atoms with Crippen LogP contribution in [-0.4, -0.2) is 80.2 Å². The molecule has 1 atom stereocenters. The highest BCUT2D eigenvalue weighted by molar-refractivity contribution is 7.86. The number of carbonyl (C=O) groups is 2. The first kappa shape index (κ1) is 43.5. The van der Waals surface area contributed by atoms with Crippen molar-refractivity contribution in [3.05, 3.63) is 48.5 Å². The Kier molecular flexibility index (Phi) is 17.9. The molecule has 0 N–H and O–H groups in total. The van der Waals surface area contributed by atoms with Gasteiger partial charge in [0.2, 0.25) is 0 Å². The average Bonchev–Trinajstić information content (AvgIpc) is 3.38. The molecule has 2 aromatic rings. The minimum Gasteiger partial charge on any atom is -0.744 e. The number of azo groups is 1. The number of carboxylic acid groups (broad SMARTS) is 1. The summed E-state index contributed by atoms with van der Waals surface area (Å²) in [6, 6.07) is 6.40. The van der Waals surface area contributed by atoms with E-state index in [1.54, 1.807) is 0 Å². The highest BCUT2D eigenvalue weighted by Crippen LogP contribution is 2.25. The van der Waals surface area contributed by atoms with E-state index in [2.05, 4.69) is 43.0 Å². The van der Waals surface area contributed by atoms with Crippen molar-refractivity contribution in [2.24, 2.45) is 15.3 Å². The number of aliphatic carboxylic acids is 1. The van der Waals surface area contributed by atoms with Gasteiger partial charge in [0.15, 0.2) is 6.04 Å². The number of carbonyl (C=O) groups excluding carboxylic acids is 2. The van der Waals surface area contributed by atoms with Crippen LogP contribution < -0.4 is 10.1 Å². The molecule has 0 saturated carbocycles. The number of rotatable bonds is 18. The molecule has 16 heteroatoms. The smallest absolute Gasteiger partial charge is 0.280 e. The van der Waals surface area contributed by atoms with Gasteiger partial charge in [-0.2, -0.15) is 20.3 Å². The van der Waals surface area contributed by atoms with Gasteiger partial charge in [-0.15, -0.1) is 0 Å². The zero-order valence-corrected chi connectivity index (χ0v) is 29.5. The van der Waals surface area contributed by atoms with Crippen LogP contribution in [0.1, 0.15) is 86.5 Å². The van der Waals surface area contributed by atoms with E-state index in [0.717, 1.165) is 48.5 Å². The Labute approximate surface area is 291 Å². The SMILES string of the molecule is C.CCCC[N+](CCCC)(CCCC)CCCC.O=C([O-])C1=NN(c2ccc(S(=O)(=O)[O-])cc2)C(=O)C1N=Nc1ccc(S(=O)(=O)[O-])cc1. The van der Waals surface area contributed by atoms with E-state index in [-0.39, 0.29) is 18.8 Å². The van der Waals surface area contributed by atoms with Gasteiger partial charge in [-0.3, -0.25) is 4.79 Å². The van der Waals surface area contributed by atoms with Crippen LogP contribution in [0.15, 0.2) is 73.7 Å². The molecule has 0 aliphatic carbocycles. The second-order valence-electron chi connectivity index (χ2n) is 11.6. The van der Waals surface area contributed by atoms with Crippen molar-refractivity contribution in [1.82, 2.24) is 0 Å². The lowest BCUT2D eigenvalue weighted by atomic mass is 10.1. The number of hydrazone groups is 1. The summed E-state index contributed by atoms with van der Waals surface area (Å²) >= 11 is 0. The molecule has 0 fully saturated rings. The quantitative estimate of drug-likeness (QED) is 0.118. The minimum atomic E-state index is -4.73. The van der Waals surface area contributed by atoms with Crippen molar-refractivity contribution in [2.45, 2.75) is 102 Å². The maximum Gasteiger partial charge on any atom is 0.280 e. The van der Waals surface area contributed by atoms with Crippen LogP contribution in [0.3, 0.4) is 0 Å². The Morgan fingerprint density at radius 1 is 0.755 bits per heavy atom. The van der Waals surface area contributed by atoms with E-state index in [9.17, 15) is 40.6 Å². The lowest BCUT2D eigenvalue weighted by Crippen LogP contribution is -2.50. The second kappa shape index (κ2) is 20.2. The monoisotopic (exact) mass is 723 g/mol. The van der Waals surface area contributed by atoms with Crippen molar-refractivity contribution >= 4 is 49.2 Å². The van der Waals surface area contributed by atoms with Crippen LogP contribution in [0, 0.1) is 0 Å². The van der Waals surface area contributed by atoms with E-state index in [4.69, 9.17) is 0 Å². The van der Waals surface area contributed by atoms with Gasteiger partial charge in [-0.05, 0) is 74.2 Å². The third-order valence-corrected chi connectivity index (χ3v) is 9.55. The summed E-state index contributed by atoms with van der Waals surface area (Å²) in [5, 5.41) is 22.8. The van der Waals surface area contributed by atoms with Gasteiger partial charge in [0.05, 0.1) is 53.3 Å². The molecule has 274 valence electrons. The average molecular weight is 724 g/mol. The van der Waals surface area contributed by atoms with Crippen molar-refractivity contribution in [2.75, 3.05) is 31.2 Å². The van der Waals surface area contributed by atoms with Crippen LogP contribution in [0.5, 0.6) is 0 Å². The molecule has 0 saturated heterocycles. The number of hydrogen-bond donors (Lipinski definition) is 0. The maximum absolute atomic E-state index is 12.6. The number of quaternary nitrogens is 1. The number of amides is 1. The predicted molar refractivity (Wildman–Crippen MR) is 183 cm³/mol. The zero-order chi connectivity index (χ0) is 36.0. The topological polar surface area (TPSA) is 212 Å². The Morgan fingerprint density at radius 2 is 1.14 bits per heavy atom. The number of carboxylic acids is 1. The van der Waals surface area contributed by atoms with E-state index < -0.39 is 53.7 Å². The fourth-order valence-corrected chi connectivity index (χ4v) is 6.03. The fourth-order valence-electron chi connectivity index (χ4n) is 5.09. The van der Waals surface area contributed by atoms with Gasteiger partial charge in [-0.25, -0.2) is 16.8 Å². The Bertz CT molecular complexity index is 1590. The molecule has 0 spiro atoms. The molecule has 1 amide bonds. The van der Waals surface area contributed by atoms with Crippen molar-refractivity contribution < 1.29 is 45.1 Å². The van der Waals surface area contributed by atoms with Crippen molar-refractivity contribution in [1.29, 1.82) is 0 Å². The standard InChI is InChI=1S/C16H12N4O9S2.C16H36N.CH4/c21-15-13(18-17-9-1-5-11(6-2-9)30(24,25)26)14(16(22)23)19-20(15)10-3-7-12(8-4-10)31(27,28)29;1-5-9-13-17(14-10-6-2,15-11-7-3)16-12-8-4;/h1-8,13H,(H,22,23)(H,24,25,26)(H,27,28,29);5-16H2,1-4H3;1H4/q;+1;/p-3. The maximum atomic E-state index is 12.6. The van der Waals surface area contributed by atoms with Gasteiger partial charge in [0.25, 0.3) is 5.91 Å². The predicted octanol–water partition coefficient (Wildman–Crippen LogP) is 4.74. The van der Waals surface area contributed by atoms with E-state index >= 15 is 0 Å². The van der Waals surface area contributed by atoms with Gasteiger partial charge in [0.1, 0.15) is 25.9 Å². The van der Waals surface area contributed by atoms with Crippen LogP contribution >= 0.6 is 0 Å². The zero-order valence-electron chi connectivity index (χ0n) is 27.9. The number of hydrogen-bond acceptors (Lipinski definition) is 12. The lowest BCUT2D eigenvalue weighted by molar-refractivity contribution is -0.929. The molecular weight excluding hydrogens is 675 g/mol. The first-order chi connectivity index (χ1) is 22.6. The number of benzene rings is 2. The third-order valence-electron chi connectivity index (χ3n) is 7.85. The molecule has 0 radical (unpaired) electrons. The molecule has 3 rings (SSSR count). The lowest BCUT2D eigenvalue weighted by Gasteiger charge is -2.39. The van der Waals surface area contributed by atoms with Crippen LogP contribution in [0.4, 0.5) is 11.4 Å². The van der Waals surface area contributed by atoms with Gasteiger partial charge < -0.3 is 23.5 Å². The normalized spacial score (nSPS) is 15.1. The molecule has 1 heterocycles. The Morgan fingerprint density at radius 3 is 1.49 bits per heavy atom. The molecule has 49 heavy (non-hydrogen) atoms. The molecule has 0 bridgehead atoms. The first-order valence-electron chi connectivity index (χ1n) is 16.1. The van der Waals surface area contributed by atoms with Crippen molar-refractivity contribution in [3.63, 3.8) is 0 Å². The Balaban J connectivity index is 0.000000572. The third kappa shape index (κ3) is 13.3. The molecule has 1 unspecified atom stereocenters. The van der Waals surface area contributed by atoms with E-state index in [1.807, 2.05) is 0 Å². The number of nitrogens with zero attached hydrogens (tertiary/aromatic N) is 5. The summed E-state index contributed by atoms with van der Waals surface area (Å²) in [5.74, 6) is -2.77. The van der Waals surface area contributed by atoms with Crippen LogP contribution in [-0.2, 0) is 29.8 Å². The summed E-state index contributed by atoms with van der Waals surface area (Å²) in [6.45, 7) is 15.0. The summed E-state index contributed by atoms with van der Waals surface area (Å²) in [4.78, 5) is 22.8. The first-order valence-corrected chi connectivity index (χ1v) is 19.0. The largest absolute Gasteiger partial charge is 0.744 e. The van der Waals surface area contributed by atoms with Gasteiger partial charge in [0, 0.05) is 0 Å². The summed E-state index contributed by atoms with van der Waals surface area (Å²) < 4.78 is 67.2. The highest BCUT2D eigenvalue weighted by atomic mass is 32.2. The molecule has 14 nitrogen and oxygen atoms in total.